The van der Waals surface area contributed by atoms with Gasteiger partial charge in [-0.25, -0.2) is 4.98 Å². The second-order valence-corrected chi connectivity index (χ2v) is 7.46. The number of fused-ring (bicyclic) bond motifs is 1. The van der Waals surface area contributed by atoms with Crippen molar-refractivity contribution in [2.75, 3.05) is 38.2 Å². The van der Waals surface area contributed by atoms with Crippen LogP contribution in [0.4, 0.5) is 18.9 Å². The number of benzene rings is 1. The van der Waals surface area contributed by atoms with Crippen LogP contribution in [0.2, 0.25) is 0 Å². The SMILES string of the molecule is O=C(CCCN1CCOCC1)Nc1ccc(Oc2ccnc3[nH]cc(C(F)(F)F)c23)cc1. The molecule has 3 heterocycles. The summed E-state index contributed by atoms with van der Waals surface area (Å²) in [5.74, 6) is 0.297. The van der Waals surface area contributed by atoms with Gasteiger partial charge in [0.15, 0.2) is 0 Å². The highest BCUT2D eigenvalue weighted by molar-refractivity contribution is 5.90. The Balaban J connectivity index is 1.35. The van der Waals surface area contributed by atoms with Gasteiger partial charge in [-0.3, -0.25) is 9.69 Å². The normalized spacial score (nSPS) is 15.1. The Labute approximate surface area is 182 Å². The number of morpholine rings is 1. The molecular formula is C22H23F3N4O3. The Hall–Kier alpha value is -3.11. The number of ether oxygens (including phenoxy) is 2. The molecule has 1 saturated heterocycles. The number of amides is 1. The number of hydrogen-bond donors (Lipinski definition) is 2. The zero-order chi connectivity index (χ0) is 22.6. The third-order valence-corrected chi connectivity index (χ3v) is 5.19. The first-order chi connectivity index (χ1) is 15.4. The van der Waals surface area contributed by atoms with Gasteiger partial charge in [0.2, 0.25) is 5.91 Å². The lowest BCUT2D eigenvalue weighted by Crippen LogP contribution is -2.37. The Morgan fingerprint density at radius 1 is 1.19 bits per heavy atom. The van der Waals surface area contributed by atoms with E-state index >= 15 is 0 Å². The van der Waals surface area contributed by atoms with Crippen LogP contribution in [-0.4, -0.2) is 53.6 Å². The molecule has 170 valence electrons. The van der Waals surface area contributed by atoms with Gasteiger partial charge in [0.25, 0.3) is 0 Å². The van der Waals surface area contributed by atoms with Crippen molar-refractivity contribution in [2.45, 2.75) is 19.0 Å². The summed E-state index contributed by atoms with van der Waals surface area (Å²) >= 11 is 0. The molecule has 2 N–H and O–H groups in total. The van der Waals surface area contributed by atoms with Crippen molar-refractivity contribution in [3.8, 4) is 11.5 Å². The molecule has 1 aliphatic rings. The molecule has 1 aromatic carbocycles. The Kier molecular flexibility index (Phi) is 6.61. The standard InChI is InChI=1S/C22H23F3N4O3/c23-22(24,25)17-14-27-21-20(17)18(7-8-26-21)32-16-5-3-15(4-6-16)28-19(30)2-1-9-29-10-12-31-13-11-29/h3-8,14H,1-2,9-13H2,(H,26,27)(H,28,30). The first-order valence-electron chi connectivity index (χ1n) is 10.3. The fourth-order valence-corrected chi connectivity index (χ4v) is 3.58. The van der Waals surface area contributed by atoms with E-state index in [4.69, 9.17) is 9.47 Å². The molecule has 0 aliphatic carbocycles. The number of pyridine rings is 1. The molecule has 10 heteroatoms. The number of aromatic amines is 1. The van der Waals surface area contributed by atoms with E-state index in [0.717, 1.165) is 45.5 Å². The molecule has 0 spiro atoms. The molecule has 1 fully saturated rings. The maximum absolute atomic E-state index is 13.3. The van der Waals surface area contributed by atoms with Crippen LogP contribution < -0.4 is 10.1 Å². The molecule has 0 radical (unpaired) electrons. The van der Waals surface area contributed by atoms with Gasteiger partial charge in [-0.1, -0.05) is 0 Å². The minimum absolute atomic E-state index is 0.0449. The molecule has 4 rings (SSSR count). The van der Waals surface area contributed by atoms with E-state index in [0.29, 0.717) is 17.9 Å². The topological polar surface area (TPSA) is 79.5 Å². The van der Waals surface area contributed by atoms with Gasteiger partial charge in [0, 0.05) is 37.6 Å². The van der Waals surface area contributed by atoms with Crippen molar-refractivity contribution in [1.29, 1.82) is 0 Å². The van der Waals surface area contributed by atoms with Crippen molar-refractivity contribution in [2.24, 2.45) is 0 Å². The fourth-order valence-electron chi connectivity index (χ4n) is 3.58. The Bertz CT molecular complexity index is 1060. The second-order valence-electron chi connectivity index (χ2n) is 7.46. The van der Waals surface area contributed by atoms with E-state index in [1.54, 1.807) is 24.3 Å². The molecule has 0 unspecified atom stereocenters. The molecule has 3 aromatic rings. The molecule has 0 bridgehead atoms. The lowest BCUT2D eigenvalue weighted by Gasteiger charge is -2.26. The molecule has 7 nitrogen and oxygen atoms in total. The quantitative estimate of drug-likeness (QED) is 0.559. The minimum Gasteiger partial charge on any atom is -0.457 e. The smallest absolute Gasteiger partial charge is 0.418 e. The number of nitrogens with zero attached hydrogens (tertiary/aromatic N) is 2. The minimum atomic E-state index is -4.53. The van der Waals surface area contributed by atoms with Gasteiger partial charge in [-0.2, -0.15) is 13.2 Å². The van der Waals surface area contributed by atoms with Crippen molar-refractivity contribution in [3.63, 3.8) is 0 Å². The highest BCUT2D eigenvalue weighted by atomic mass is 19.4. The van der Waals surface area contributed by atoms with E-state index in [1.165, 1.54) is 12.3 Å². The summed E-state index contributed by atoms with van der Waals surface area (Å²) < 4.78 is 50.9. The maximum Gasteiger partial charge on any atom is 0.418 e. The summed E-state index contributed by atoms with van der Waals surface area (Å²) in [7, 11) is 0. The largest absolute Gasteiger partial charge is 0.457 e. The number of alkyl halides is 3. The number of anilines is 1. The van der Waals surface area contributed by atoms with Gasteiger partial charge < -0.3 is 19.8 Å². The van der Waals surface area contributed by atoms with E-state index in [-0.39, 0.29) is 22.7 Å². The number of carbonyl (C=O) groups is 1. The number of H-pyrrole nitrogens is 1. The predicted molar refractivity (Wildman–Crippen MR) is 113 cm³/mol. The number of nitrogens with one attached hydrogen (secondary N) is 2. The molecule has 0 saturated carbocycles. The van der Waals surface area contributed by atoms with Crippen LogP contribution >= 0.6 is 0 Å². The summed E-state index contributed by atoms with van der Waals surface area (Å²) in [5.41, 5.74) is -0.154. The number of rotatable bonds is 7. The Morgan fingerprint density at radius 3 is 2.66 bits per heavy atom. The van der Waals surface area contributed by atoms with Crippen LogP contribution in [0, 0.1) is 0 Å². The van der Waals surface area contributed by atoms with Crippen molar-refractivity contribution >= 4 is 22.6 Å². The molecule has 32 heavy (non-hydrogen) atoms. The van der Waals surface area contributed by atoms with Crippen LogP contribution in [0.25, 0.3) is 11.0 Å². The molecule has 1 aliphatic heterocycles. The van der Waals surface area contributed by atoms with Crippen molar-refractivity contribution in [3.05, 3.63) is 48.3 Å². The highest BCUT2D eigenvalue weighted by Crippen LogP contribution is 2.39. The van der Waals surface area contributed by atoms with Gasteiger partial charge in [-0.15, -0.1) is 0 Å². The van der Waals surface area contributed by atoms with Crippen LogP contribution in [0.3, 0.4) is 0 Å². The molecular weight excluding hydrogens is 425 g/mol. The Morgan fingerprint density at radius 2 is 1.94 bits per heavy atom. The van der Waals surface area contributed by atoms with Crippen LogP contribution in [0.5, 0.6) is 11.5 Å². The number of halogens is 3. The lowest BCUT2D eigenvalue weighted by atomic mass is 10.2. The summed E-state index contributed by atoms with van der Waals surface area (Å²) in [5, 5.41) is 2.70. The second kappa shape index (κ2) is 9.58. The van der Waals surface area contributed by atoms with E-state index in [9.17, 15) is 18.0 Å². The van der Waals surface area contributed by atoms with Crippen LogP contribution in [-0.2, 0) is 15.7 Å². The van der Waals surface area contributed by atoms with Crippen LogP contribution in [0.1, 0.15) is 18.4 Å². The van der Waals surface area contributed by atoms with Gasteiger partial charge in [0.1, 0.15) is 17.1 Å². The van der Waals surface area contributed by atoms with E-state index < -0.39 is 11.7 Å². The van der Waals surface area contributed by atoms with Gasteiger partial charge >= 0.3 is 6.18 Å². The monoisotopic (exact) mass is 448 g/mol. The zero-order valence-electron chi connectivity index (χ0n) is 17.2. The maximum atomic E-state index is 13.3. The first-order valence-corrected chi connectivity index (χ1v) is 10.3. The fraction of sp³-hybridized carbons (Fsp3) is 0.364. The molecule has 2 aromatic heterocycles. The van der Waals surface area contributed by atoms with Crippen molar-refractivity contribution < 1.29 is 27.4 Å². The average Bonchev–Trinajstić information content (AvgIpc) is 3.22. The number of carbonyl (C=O) groups excluding carboxylic acids is 1. The molecule has 1 amide bonds. The average molecular weight is 448 g/mol. The highest BCUT2D eigenvalue weighted by Gasteiger charge is 2.35. The molecule has 0 atom stereocenters. The number of hydrogen-bond acceptors (Lipinski definition) is 5. The summed E-state index contributed by atoms with van der Waals surface area (Å²) in [6, 6.07) is 7.87. The number of aromatic nitrogens is 2. The van der Waals surface area contributed by atoms with Gasteiger partial charge in [0.05, 0.1) is 24.2 Å². The van der Waals surface area contributed by atoms with Crippen molar-refractivity contribution in [1.82, 2.24) is 14.9 Å². The summed E-state index contributed by atoms with van der Waals surface area (Å²) in [6.45, 7) is 4.09. The van der Waals surface area contributed by atoms with Gasteiger partial charge in [-0.05, 0) is 43.3 Å². The predicted octanol–water partition coefficient (Wildman–Crippen LogP) is 4.42. The summed E-state index contributed by atoms with van der Waals surface area (Å²) in [4.78, 5) is 20.9. The lowest BCUT2D eigenvalue weighted by molar-refractivity contribution is -0.136. The third-order valence-electron chi connectivity index (χ3n) is 5.19. The van der Waals surface area contributed by atoms with Crippen LogP contribution in [0.15, 0.2) is 42.7 Å². The zero-order valence-corrected chi connectivity index (χ0v) is 17.2. The van der Waals surface area contributed by atoms with E-state index in [1.807, 2.05) is 0 Å². The van der Waals surface area contributed by atoms with E-state index in [2.05, 4.69) is 20.2 Å². The summed E-state index contributed by atoms with van der Waals surface area (Å²) in [6.07, 6.45) is -1.13. The third kappa shape index (κ3) is 5.38. The first kappa shape index (κ1) is 22.1.